The van der Waals surface area contributed by atoms with Gasteiger partial charge in [-0.05, 0) is 42.5 Å². The van der Waals surface area contributed by atoms with Crippen LogP contribution in [-0.4, -0.2) is 20.5 Å². The highest BCUT2D eigenvalue weighted by atomic mass is 32.2. The van der Waals surface area contributed by atoms with E-state index in [4.69, 9.17) is 4.74 Å². The maximum atomic E-state index is 12.6. The van der Waals surface area contributed by atoms with Crippen LogP contribution >= 0.6 is 0 Å². The van der Waals surface area contributed by atoms with Crippen molar-refractivity contribution in [2.45, 2.75) is 4.90 Å². The lowest BCUT2D eigenvalue weighted by Gasteiger charge is -2.14. The third-order valence-corrected chi connectivity index (χ3v) is 4.87. The molecule has 3 aromatic rings. The summed E-state index contributed by atoms with van der Waals surface area (Å²) in [6.45, 7) is 0. The van der Waals surface area contributed by atoms with Crippen LogP contribution in [0.5, 0.6) is 5.75 Å². The van der Waals surface area contributed by atoms with Gasteiger partial charge < -0.3 is 10.1 Å². The third kappa shape index (κ3) is 4.07. The Balaban J connectivity index is 1.86. The van der Waals surface area contributed by atoms with E-state index < -0.39 is 10.0 Å². The molecule has 0 amide bonds. The number of pyridine rings is 1. The van der Waals surface area contributed by atoms with E-state index in [-0.39, 0.29) is 4.90 Å². The zero-order valence-electron chi connectivity index (χ0n) is 13.5. The van der Waals surface area contributed by atoms with Gasteiger partial charge in [0.25, 0.3) is 10.0 Å². The van der Waals surface area contributed by atoms with Gasteiger partial charge in [-0.25, -0.2) is 8.42 Å². The minimum atomic E-state index is -3.74. The molecule has 0 unspecified atom stereocenters. The molecule has 0 spiro atoms. The number of anilines is 3. The molecule has 0 aliphatic carbocycles. The van der Waals surface area contributed by atoms with Crippen molar-refractivity contribution in [2.24, 2.45) is 0 Å². The Morgan fingerprint density at radius 2 is 1.64 bits per heavy atom. The summed E-state index contributed by atoms with van der Waals surface area (Å²) in [4.78, 5) is 4.15. The van der Waals surface area contributed by atoms with E-state index in [9.17, 15) is 8.42 Å². The van der Waals surface area contributed by atoms with Gasteiger partial charge in [-0.3, -0.25) is 9.71 Å². The van der Waals surface area contributed by atoms with Crippen molar-refractivity contribution in [3.63, 3.8) is 0 Å². The van der Waals surface area contributed by atoms with Crippen molar-refractivity contribution in [1.29, 1.82) is 0 Å². The highest BCUT2D eigenvalue weighted by molar-refractivity contribution is 7.92. The lowest BCUT2D eigenvalue weighted by Crippen LogP contribution is -2.14. The second kappa shape index (κ2) is 7.23. The first-order chi connectivity index (χ1) is 12.1. The lowest BCUT2D eigenvalue weighted by molar-refractivity contribution is 0.414. The van der Waals surface area contributed by atoms with Gasteiger partial charge in [0.1, 0.15) is 5.75 Å². The zero-order valence-corrected chi connectivity index (χ0v) is 14.3. The molecular weight excluding hydrogens is 338 g/mol. The number of aromatic nitrogens is 1. The lowest BCUT2D eigenvalue weighted by atomic mass is 10.3. The number of benzene rings is 2. The number of hydrogen-bond donors (Lipinski definition) is 2. The Bertz CT molecular complexity index is 943. The predicted octanol–water partition coefficient (Wildman–Crippen LogP) is 3.63. The maximum absolute atomic E-state index is 12.6. The van der Waals surface area contributed by atoms with Crippen molar-refractivity contribution >= 4 is 27.1 Å². The fourth-order valence-corrected chi connectivity index (χ4v) is 3.28. The molecular formula is C18H17N3O3S. The summed E-state index contributed by atoms with van der Waals surface area (Å²) >= 11 is 0. The molecule has 2 aromatic carbocycles. The van der Waals surface area contributed by atoms with Gasteiger partial charge in [0, 0.05) is 11.9 Å². The standard InChI is InChI=1S/C18H17N3O3S/c1-24-15-7-9-16(10-8-15)25(22,23)21-18-13-19-12-11-17(18)20-14-5-3-2-4-6-14/h2-13,21H,1H3,(H,19,20). The molecule has 3 rings (SSSR count). The normalized spacial score (nSPS) is 10.9. The number of nitrogens with one attached hydrogen (secondary N) is 2. The molecule has 0 atom stereocenters. The second-order valence-corrected chi connectivity index (χ2v) is 6.88. The zero-order chi connectivity index (χ0) is 17.7. The molecule has 0 aliphatic heterocycles. The smallest absolute Gasteiger partial charge is 0.262 e. The molecule has 7 heteroatoms. The maximum Gasteiger partial charge on any atom is 0.262 e. The molecule has 1 heterocycles. The number of hydrogen-bond acceptors (Lipinski definition) is 5. The van der Waals surface area contributed by atoms with E-state index in [0.29, 0.717) is 17.1 Å². The van der Waals surface area contributed by atoms with Crippen molar-refractivity contribution in [1.82, 2.24) is 4.98 Å². The van der Waals surface area contributed by atoms with E-state index in [1.165, 1.54) is 25.4 Å². The molecule has 128 valence electrons. The molecule has 6 nitrogen and oxygen atoms in total. The molecule has 0 saturated heterocycles. The Hall–Kier alpha value is -3.06. The average Bonchev–Trinajstić information content (AvgIpc) is 2.64. The van der Waals surface area contributed by atoms with Crippen molar-refractivity contribution < 1.29 is 13.2 Å². The highest BCUT2D eigenvalue weighted by Gasteiger charge is 2.16. The van der Waals surface area contributed by atoms with Crippen molar-refractivity contribution in [3.8, 4) is 5.75 Å². The summed E-state index contributed by atoms with van der Waals surface area (Å²) in [5.41, 5.74) is 1.82. The number of rotatable bonds is 6. The number of methoxy groups -OCH3 is 1. The first-order valence-corrected chi connectivity index (χ1v) is 9.00. The Morgan fingerprint density at radius 1 is 0.920 bits per heavy atom. The molecule has 1 aromatic heterocycles. The SMILES string of the molecule is COc1ccc(S(=O)(=O)Nc2cnccc2Nc2ccccc2)cc1. The fourth-order valence-electron chi connectivity index (χ4n) is 2.22. The molecule has 2 N–H and O–H groups in total. The Labute approximate surface area is 146 Å². The van der Waals surface area contributed by atoms with Crippen LogP contribution in [0.2, 0.25) is 0 Å². The monoisotopic (exact) mass is 355 g/mol. The second-order valence-electron chi connectivity index (χ2n) is 5.19. The fraction of sp³-hybridized carbons (Fsp3) is 0.0556. The van der Waals surface area contributed by atoms with Crippen LogP contribution in [0.4, 0.5) is 17.1 Å². The van der Waals surface area contributed by atoms with Crippen LogP contribution in [0.1, 0.15) is 0 Å². The van der Waals surface area contributed by atoms with E-state index >= 15 is 0 Å². The van der Waals surface area contributed by atoms with Crippen LogP contribution in [0.3, 0.4) is 0 Å². The summed E-state index contributed by atoms with van der Waals surface area (Å²) < 4.78 is 32.8. The van der Waals surface area contributed by atoms with E-state index in [1.54, 1.807) is 24.4 Å². The molecule has 0 radical (unpaired) electrons. The summed E-state index contributed by atoms with van der Waals surface area (Å²) in [5, 5.41) is 3.18. The van der Waals surface area contributed by atoms with Gasteiger partial charge >= 0.3 is 0 Å². The first kappa shape index (κ1) is 16.8. The summed E-state index contributed by atoms with van der Waals surface area (Å²) in [5.74, 6) is 0.590. The van der Waals surface area contributed by atoms with E-state index in [0.717, 1.165) is 5.69 Å². The number of ether oxygens (including phenoxy) is 1. The minimum Gasteiger partial charge on any atom is -0.497 e. The van der Waals surface area contributed by atoms with Crippen molar-refractivity contribution in [2.75, 3.05) is 17.1 Å². The summed E-state index contributed by atoms with van der Waals surface area (Å²) in [6, 6.07) is 17.4. The molecule has 0 saturated carbocycles. The quantitative estimate of drug-likeness (QED) is 0.706. The van der Waals surface area contributed by atoms with E-state index in [1.807, 2.05) is 30.3 Å². The number of nitrogens with zero attached hydrogens (tertiary/aromatic N) is 1. The van der Waals surface area contributed by atoms with Crippen LogP contribution in [0.15, 0.2) is 78.0 Å². The summed E-state index contributed by atoms with van der Waals surface area (Å²) in [7, 11) is -2.21. The topological polar surface area (TPSA) is 80.3 Å². The first-order valence-electron chi connectivity index (χ1n) is 7.51. The van der Waals surface area contributed by atoms with Crippen LogP contribution in [-0.2, 0) is 10.0 Å². The van der Waals surface area contributed by atoms with Gasteiger partial charge in [0.15, 0.2) is 0 Å². The minimum absolute atomic E-state index is 0.141. The average molecular weight is 355 g/mol. The largest absolute Gasteiger partial charge is 0.497 e. The Kier molecular flexibility index (Phi) is 4.85. The van der Waals surface area contributed by atoms with Crippen LogP contribution in [0.25, 0.3) is 0 Å². The van der Waals surface area contributed by atoms with Gasteiger partial charge in [-0.1, -0.05) is 18.2 Å². The highest BCUT2D eigenvalue weighted by Crippen LogP contribution is 2.27. The number of sulfonamides is 1. The number of para-hydroxylation sites is 1. The molecule has 0 aliphatic rings. The van der Waals surface area contributed by atoms with Gasteiger partial charge in [-0.2, -0.15) is 0 Å². The van der Waals surface area contributed by atoms with Gasteiger partial charge in [0.2, 0.25) is 0 Å². The molecule has 25 heavy (non-hydrogen) atoms. The predicted molar refractivity (Wildman–Crippen MR) is 97.8 cm³/mol. The van der Waals surface area contributed by atoms with Crippen molar-refractivity contribution in [3.05, 3.63) is 73.1 Å². The molecule has 0 fully saturated rings. The summed E-state index contributed by atoms with van der Waals surface area (Å²) in [6.07, 6.45) is 3.06. The third-order valence-electron chi connectivity index (χ3n) is 3.49. The van der Waals surface area contributed by atoms with Crippen LogP contribution < -0.4 is 14.8 Å². The van der Waals surface area contributed by atoms with Gasteiger partial charge in [-0.15, -0.1) is 0 Å². The Morgan fingerprint density at radius 3 is 2.32 bits per heavy atom. The van der Waals surface area contributed by atoms with Gasteiger partial charge in [0.05, 0.1) is 29.6 Å². The van der Waals surface area contributed by atoms with Crippen LogP contribution in [0, 0.1) is 0 Å². The molecule has 0 bridgehead atoms. The van der Waals surface area contributed by atoms with E-state index in [2.05, 4.69) is 15.0 Å².